The van der Waals surface area contributed by atoms with E-state index in [1.54, 1.807) is 0 Å². The molecule has 5 heteroatoms. The molecule has 0 saturated carbocycles. The Hall–Kier alpha value is -1.10. The molecule has 0 aliphatic carbocycles. The zero-order valence-corrected chi connectivity index (χ0v) is 11.9. The van der Waals surface area contributed by atoms with Gasteiger partial charge in [-0.1, -0.05) is 17.7 Å². The average Bonchev–Trinajstić information content (AvgIpc) is 2.33. The van der Waals surface area contributed by atoms with Crippen molar-refractivity contribution >= 4 is 23.2 Å². The summed E-state index contributed by atoms with van der Waals surface area (Å²) in [5.74, 6) is -0.0418. The van der Waals surface area contributed by atoms with Crippen LogP contribution in [0.2, 0.25) is 5.02 Å². The van der Waals surface area contributed by atoms with E-state index in [0.29, 0.717) is 17.3 Å². The van der Waals surface area contributed by atoms with E-state index in [-0.39, 0.29) is 11.9 Å². The molecule has 1 atom stereocenters. The summed E-state index contributed by atoms with van der Waals surface area (Å²) in [6, 6.07) is 5.79. The maximum atomic E-state index is 12.0. The summed E-state index contributed by atoms with van der Waals surface area (Å²) in [4.78, 5) is 14.1. The van der Waals surface area contributed by atoms with Gasteiger partial charge in [-0.25, -0.2) is 0 Å². The maximum Gasteiger partial charge on any atom is 0.238 e. The number of piperidine rings is 1. The van der Waals surface area contributed by atoms with E-state index in [1.807, 2.05) is 25.1 Å². The molecule has 2 rings (SSSR count). The molecule has 1 heterocycles. The molecule has 1 aliphatic heterocycles. The number of amides is 1. The monoisotopic (exact) mass is 281 g/mol. The summed E-state index contributed by atoms with van der Waals surface area (Å²) in [5.41, 5.74) is 7.64. The highest BCUT2D eigenvalue weighted by atomic mass is 35.5. The molecule has 0 aromatic heterocycles. The van der Waals surface area contributed by atoms with Crippen LogP contribution in [0.25, 0.3) is 0 Å². The first-order valence-electron chi connectivity index (χ1n) is 6.58. The van der Waals surface area contributed by atoms with Crippen LogP contribution in [0, 0.1) is 6.92 Å². The number of nitrogens with two attached hydrogens (primary N) is 1. The summed E-state index contributed by atoms with van der Waals surface area (Å²) in [7, 11) is 0. The van der Waals surface area contributed by atoms with Crippen LogP contribution in [0.5, 0.6) is 0 Å². The lowest BCUT2D eigenvalue weighted by Crippen LogP contribution is -2.45. The number of rotatable bonds is 3. The van der Waals surface area contributed by atoms with Crippen molar-refractivity contribution < 1.29 is 4.79 Å². The number of carbonyl (C=O) groups is 1. The third kappa shape index (κ3) is 4.20. The largest absolute Gasteiger partial charge is 0.327 e. The fraction of sp³-hybridized carbons (Fsp3) is 0.500. The second-order valence-electron chi connectivity index (χ2n) is 5.17. The SMILES string of the molecule is Cc1ccc(NC(=O)CN2CCC[C@@H](N)C2)c(Cl)c1. The van der Waals surface area contributed by atoms with Crippen LogP contribution >= 0.6 is 11.6 Å². The lowest BCUT2D eigenvalue weighted by Gasteiger charge is -2.29. The smallest absolute Gasteiger partial charge is 0.238 e. The molecule has 1 aromatic carbocycles. The fourth-order valence-electron chi connectivity index (χ4n) is 2.35. The Balaban J connectivity index is 1.90. The quantitative estimate of drug-likeness (QED) is 0.891. The van der Waals surface area contributed by atoms with Gasteiger partial charge in [0.25, 0.3) is 0 Å². The van der Waals surface area contributed by atoms with Crippen molar-refractivity contribution in [2.45, 2.75) is 25.8 Å². The van der Waals surface area contributed by atoms with Crippen LogP contribution in [0.1, 0.15) is 18.4 Å². The highest BCUT2D eigenvalue weighted by Gasteiger charge is 2.19. The van der Waals surface area contributed by atoms with E-state index in [0.717, 1.165) is 31.5 Å². The lowest BCUT2D eigenvalue weighted by molar-refractivity contribution is -0.117. The molecule has 1 fully saturated rings. The predicted octanol–water partition coefficient (Wildman–Crippen LogP) is 2.01. The Kier molecular flexibility index (Phi) is 4.80. The molecular formula is C14H20ClN3O. The van der Waals surface area contributed by atoms with E-state index < -0.39 is 0 Å². The lowest BCUT2D eigenvalue weighted by atomic mass is 10.1. The highest BCUT2D eigenvalue weighted by Crippen LogP contribution is 2.22. The minimum atomic E-state index is -0.0418. The van der Waals surface area contributed by atoms with Gasteiger partial charge >= 0.3 is 0 Å². The third-order valence-corrected chi connectivity index (χ3v) is 3.62. The number of halogens is 1. The number of benzene rings is 1. The number of carbonyl (C=O) groups excluding carboxylic acids is 1. The molecule has 0 spiro atoms. The normalized spacial score (nSPS) is 20.3. The molecule has 1 aromatic rings. The number of anilines is 1. The van der Waals surface area contributed by atoms with Crippen LogP contribution in [0.3, 0.4) is 0 Å². The van der Waals surface area contributed by atoms with Crippen molar-refractivity contribution in [3.05, 3.63) is 28.8 Å². The maximum absolute atomic E-state index is 12.0. The Labute approximate surface area is 118 Å². The van der Waals surface area contributed by atoms with Gasteiger partial charge in [-0.15, -0.1) is 0 Å². The van der Waals surface area contributed by atoms with Crippen molar-refractivity contribution in [2.75, 3.05) is 25.0 Å². The van der Waals surface area contributed by atoms with E-state index in [2.05, 4.69) is 10.2 Å². The molecule has 0 bridgehead atoms. The minimum Gasteiger partial charge on any atom is -0.327 e. The number of likely N-dealkylation sites (tertiary alicyclic amines) is 1. The number of nitrogens with zero attached hydrogens (tertiary/aromatic N) is 1. The molecule has 3 N–H and O–H groups in total. The van der Waals surface area contributed by atoms with Gasteiger partial charge < -0.3 is 11.1 Å². The van der Waals surface area contributed by atoms with E-state index in [9.17, 15) is 4.79 Å². The molecule has 1 amide bonds. The highest BCUT2D eigenvalue weighted by molar-refractivity contribution is 6.33. The van der Waals surface area contributed by atoms with Gasteiger partial charge in [0.1, 0.15) is 0 Å². The van der Waals surface area contributed by atoms with Crippen molar-refractivity contribution in [1.82, 2.24) is 4.90 Å². The Bertz CT molecular complexity index is 464. The van der Waals surface area contributed by atoms with Gasteiger partial charge in [-0.2, -0.15) is 0 Å². The number of hydrogen-bond donors (Lipinski definition) is 2. The Morgan fingerprint density at radius 2 is 2.37 bits per heavy atom. The molecule has 19 heavy (non-hydrogen) atoms. The molecule has 4 nitrogen and oxygen atoms in total. The number of hydrogen-bond acceptors (Lipinski definition) is 3. The second kappa shape index (κ2) is 6.37. The first-order chi connectivity index (χ1) is 9.04. The standard InChI is InChI=1S/C14H20ClN3O/c1-10-4-5-13(12(15)7-10)17-14(19)9-18-6-2-3-11(16)8-18/h4-5,7,11H,2-3,6,8-9,16H2,1H3,(H,17,19)/t11-/m1/s1. The van der Waals surface area contributed by atoms with E-state index in [4.69, 9.17) is 17.3 Å². The zero-order valence-electron chi connectivity index (χ0n) is 11.2. The zero-order chi connectivity index (χ0) is 13.8. The Morgan fingerprint density at radius 3 is 3.05 bits per heavy atom. The van der Waals surface area contributed by atoms with Crippen LogP contribution in [-0.4, -0.2) is 36.5 Å². The molecular weight excluding hydrogens is 262 g/mol. The summed E-state index contributed by atoms with van der Waals surface area (Å²) in [6.45, 7) is 4.06. The summed E-state index contributed by atoms with van der Waals surface area (Å²) in [5, 5.41) is 3.42. The molecule has 1 saturated heterocycles. The van der Waals surface area contributed by atoms with Gasteiger partial charge in [-0.05, 0) is 44.0 Å². The van der Waals surface area contributed by atoms with Crippen LogP contribution in [0.15, 0.2) is 18.2 Å². The second-order valence-corrected chi connectivity index (χ2v) is 5.58. The first kappa shape index (κ1) is 14.3. The molecule has 0 radical (unpaired) electrons. The average molecular weight is 282 g/mol. The van der Waals surface area contributed by atoms with E-state index >= 15 is 0 Å². The minimum absolute atomic E-state index is 0.0418. The summed E-state index contributed by atoms with van der Waals surface area (Å²) >= 11 is 6.09. The van der Waals surface area contributed by atoms with Crippen molar-refractivity contribution in [1.29, 1.82) is 0 Å². The van der Waals surface area contributed by atoms with Gasteiger partial charge in [-0.3, -0.25) is 9.69 Å². The van der Waals surface area contributed by atoms with E-state index in [1.165, 1.54) is 0 Å². The third-order valence-electron chi connectivity index (χ3n) is 3.31. The van der Waals surface area contributed by atoms with Crippen molar-refractivity contribution in [3.63, 3.8) is 0 Å². The van der Waals surface area contributed by atoms with Gasteiger partial charge in [0.15, 0.2) is 0 Å². The summed E-state index contributed by atoms with van der Waals surface area (Å²) < 4.78 is 0. The predicted molar refractivity (Wildman–Crippen MR) is 78.5 cm³/mol. The van der Waals surface area contributed by atoms with Crippen molar-refractivity contribution in [3.8, 4) is 0 Å². The summed E-state index contributed by atoms with van der Waals surface area (Å²) in [6.07, 6.45) is 2.10. The Morgan fingerprint density at radius 1 is 1.58 bits per heavy atom. The molecule has 1 aliphatic rings. The van der Waals surface area contributed by atoms with Gasteiger partial charge in [0.05, 0.1) is 17.3 Å². The van der Waals surface area contributed by atoms with Crippen LogP contribution in [0.4, 0.5) is 5.69 Å². The fourth-order valence-corrected chi connectivity index (χ4v) is 2.63. The van der Waals surface area contributed by atoms with Crippen LogP contribution in [-0.2, 0) is 4.79 Å². The number of nitrogens with one attached hydrogen (secondary N) is 1. The van der Waals surface area contributed by atoms with Crippen molar-refractivity contribution in [2.24, 2.45) is 5.73 Å². The molecule has 0 unspecified atom stereocenters. The first-order valence-corrected chi connectivity index (χ1v) is 6.96. The van der Waals surface area contributed by atoms with Crippen LogP contribution < -0.4 is 11.1 Å². The van der Waals surface area contributed by atoms with Gasteiger partial charge in [0.2, 0.25) is 5.91 Å². The molecule has 104 valence electrons. The topological polar surface area (TPSA) is 58.4 Å². The number of aryl methyl sites for hydroxylation is 1. The van der Waals surface area contributed by atoms with Gasteiger partial charge in [0, 0.05) is 12.6 Å².